The van der Waals surface area contributed by atoms with Crippen molar-refractivity contribution in [1.29, 1.82) is 0 Å². The normalized spacial score (nSPS) is 11.0. The van der Waals surface area contributed by atoms with Crippen molar-refractivity contribution >= 4 is 28.4 Å². The molecule has 0 aliphatic carbocycles. The van der Waals surface area contributed by atoms with Crippen LogP contribution in [-0.2, 0) is 6.54 Å². The Morgan fingerprint density at radius 2 is 2.07 bits per heavy atom. The van der Waals surface area contributed by atoms with Crippen molar-refractivity contribution in [3.8, 4) is 0 Å². The molecule has 2 heterocycles. The Morgan fingerprint density at radius 3 is 2.96 bits per heavy atom. The number of nitrogens with zero attached hydrogens (tertiary/aromatic N) is 5. The Morgan fingerprint density at radius 1 is 1.19 bits per heavy atom. The highest BCUT2D eigenvalue weighted by molar-refractivity contribution is 7.99. The predicted molar refractivity (Wildman–Crippen MR) is 103 cm³/mol. The molecule has 1 amide bonds. The van der Waals surface area contributed by atoms with Crippen molar-refractivity contribution in [1.82, 2.24) is 35.7 Å². The zero-order valence-electron chi connectivity index (χ0n) is 14.4. The van der Waals surface area contributed by atoms with Gasteiger partial charge in [0.2, 0.25) is 0 Å². The standard InChI is InChI=1S/C18H17N7OS/c26-18(19-8-9-27-17-10-20-23-22-17)16-12-25(24-21-16)11-14-6-3-5-13-4-1-2-7-15(13)14/h1-7,10,12H,8-9,11H2,(H,19,26)(H,20,22,23). The summed E-state index contributed by atoms with van der Waals surface area (Å²) in [5, 5.41) is 24.3. The first kappa shape index (κ1) is 17.2. The molecule has 0 unspecified atom stereocenters. The lowest BCUT2D eigenvalue weighted by atomic mass is 10.0. The van der Waals surface area contributed by atoms with Gasteiger partial charge in [0.15, 0.2) is 5.69 Å². The Balaban J connectivity index is 1.35. The van der Waals surface area contributed by atoms with E-state index in [0.717, 1.165) is 10.6 Å². The van der Waals surface area contributed by atoms with Gasteiger partial charge in [-0.3, -0.25) is 4.79 Å². The zero-order valence-corrected chi connectivity index (χ0v) is 15.2. The maximum atomic E-state index is 12.2. The third kappa shape index (κ3) is 4.14. The molecule has 8 nitrogen and oxygen atoms in total. The predicted octanol–water partition coefficient (Wildman–Crippen LogP) is 2.12. The molecule has 0 saturated carbocycles. The van der Waals surface area contributed by atoms with Crippen LogP contribution in [0.4, 0.5) is 0 Å². The monoisotopic (exact) mass is 379 g/mol. The zero-order chi connectivity index (χ0) is 18.5. The molecule has 4 rings (SSSR count). The smallest absolute Gasteiger partial charge is 0.273 e. The van der Waals surface area contributed by atoms with Crippen molar-refractivity contribution in [2.24, 2.45) is 0 Å². The number of hydrogen-bond acceptors (Lipinski definition) is 6. The lowest BCUT2D eigenvalue weighted by molar-refractivity contribution is 0.0951. The van der Waals surface area contributed by atoms with E-state index < -0.39 is 0 Å². The van der Waals surface area contributed by atoms with Gasteiger partial charge in [0.05, 0.1) is 18.9 Å². The molecule has 2 N–H and O–H groups in total. The van der Waals surface area contributed by atoms with Crippen LogP contribution in [0.3, 0.4) is 0 Å². The van der Waals surface area contributed by atoms with Crippen LogP contribution < -0.4 is 5.32 Å². The molecule has 0 bridgehead atoms. The van der Waals surface area contributed by atoms with Gasteiger partial charge in [-0.05, 0) is 16.3 Å². The summed E-state index contributed by atoms with van der Waals surface area (Å²) in [6.45, 7) is 1.07. The molecule has 0 fully saturated rings. The maximum Gasteiger partial charge on any atom is 0.273 e. The molecule has 0 saturated heterocycles. The number of hydrogen-bond donors (Lipinski definition) is 2. The number of thioether (sulfide) groups is 1. The van der Waals surface area contributed by atoms with Crippen LogP contribution in [-0.4, -0.2) is 48.6 Å². The van der Waals surface area contributed by atoms with E-state index in [2.05, 4.69) is 55.3 Å². The summed E-state index contributed by atoms with van der Waals surface area (Å²) < 4.78 is 1.68. The number of carbonyl (C=O) groups excluding carboxylic acids is 1. The molecule has 2 aromatic carbocycles. The molecule has 4 aromatic rings. The lowest BCUT2D eigenvalue weighted by Gasteiger charge is -2.06. The summed E-state index contributed by atoms with van der Waals surface area (Å²) in [4.78, 5) is 12.2. The number of H-pyrrole nitrogens is 1. The van der Waals surface area contributed by atoms with Crippen LogP contribution in [0, 0.1) is 0 Å². The molecule has 136 valence electrons. The third-order valence-electron chi connectivity index (χ3n) is 4.01. The average molecular weight is 379 g/mol. The molecule has 0 atom stereocenters. The van der Waals surface area contributed by atoms with Crippen molar-refractivity contribution in [2.75, 3.05) is 12.3 Å². The molecule has 27 heavy (non-hydrogen) atoms. The quantitative estimate of drug-likeness (QED) is 0.377. The van der Waals surface area contributed by atoms with Gasteiger partial charge < -0.3 is 5.32 Å². The largest absolute Gasteiger partial charge is 0.350 e. The number of carbonyl (C=O) groups is 1. The van der Waals surface area contributed by atoms with E-state index >= 15 is 0 Å². The lowest BCUT2D eigenvalue weighted by Crippen LogP contribution is -2.26. The third-order valence-corrected chi connectivity index (χ3v) is 4.91. The molecular formula is C18H17N7OS. The second-order valence-corrected chi connectivity index (χ2v) is 6.97. The van der Waals surface area contributed by atoms with E-state index in [1.807, 2.05) is 18.2 Å². The van der Waals surface area contributed by atoms with Crippen LogP contribution in [0.15, 0.2) is 59.9 Å². The Hall–Kier alpha value is -3.20. The van der Waals surface area contributed by atoms with E-state index in [1.54, 1.807) is 17.1 Å². The number of nitrogens with one attached hydrogen (secondary N) is 2. The summed E-state index contributed by atoms with van der Waals surface area (Å²) >= 11 is 1.51. The minimum atomic E-state index is -0.236. The molecule has 0 aliphatic rings. The number of fused-ring (bicyclic) bond motifs is 1. The first-order chi connectivity index (χ1) is 13.3. The first-order valence-corrected chi connectivity index (χ1v) is 9.42. The second-order valence-electron chi connectivity index (χ2n) is 5.85. The summed E-state index contributed by atoms with van der Waals surface area (Å²) in [7, 11) is 0. The van der Waals surface area contributed by atoms with Gasteiger partial charge in [-0.15, -0.1) is 22.0 Å². The molecule has 0 radical (unpaired) electrons. The highest BCUT2D eigenvalue weighted by Gasteiger charge is 2.11. The number of amides is 1. The summed E-state index contributed by atoms with van der Waals surface area (Å²) in [5.41, 5.74) is 1.44. The molecule has 0 aliphatic heterocycles. The van der Waals surface area contributed by atoms with Crippen molar-refractivity contribution in [3.05, 3.63) is 66.1 Å². The van der Waals surface area contributed by atoms with E-state index in [-0.39, 0.29) is 5.91 Å². The van der Waals surface area contributed by atoms with E-state index in [0.29, 0.717) is 24.5 Å². The molecule has 9 heteroatoms. The van der Waals surface area contributed by atoms with Crippen LogP contribution in [0.1, 0.15) is 16.1 Å². The van der Waals surface area contributed by atoms with E-state index in [4.69, 9.17) is 0 Å². The van der Waals surface area contributed by atoms with Gasteiger partial charge in [-0.25, -0.2) is 4.68 Å². The summed E-state index contributed by atoms with van der Waals surface area (Å²) in [6, 6.07) is 14.4. The first-order valence-electron chi connectivity index (χ1n) is 8.43. The number of rotatable bonds is 7. The summed E-state index contributed by atoms with van der Waals surface area (Å²) in [5.74, 6) is 0.461. The van der Waals surface area contributed by atoms with Crippen molar-refractivity contribution in [2.45, 2.75) is 11.6 Å². The fourth-order valence-electron chi connectivity index (χ4n) is 2.76. The minimum Gasteiger partial charge on any atom is -0.350 e. The van der Waals surface area contributed by atoms with Crippen LogP contribution >= 0.6 is 11.8 Å². The summed E-state index contributed by atoms with van der Waals surface area (Å²) in [6.07, 6.45) is 3.31. The van der Waals surface area contributed by atoms with Gasteiger partial charge in [0.25, 0.3) is 5.91 Å². The van der Waals surface area contributed by atoms with Gasteiger partial charge in [0.1, 0.15) is 5.03 Å². The van der Waals surface area contributed by atoms with Gasteiger partial charge in [-0.2, -0.15) is 10.3 Å². The number of aromatic amines is 1. The van der Waals surface area contributed by atoms with Gasteiger partial charge in [-0.1, -0.05) is 47.7 Å². The highest BCUT2D eigenvalue weighted by Crippen LogP contribution is 2.19. The average Bonchev–Trinajstić information content (AvgIpc) is 3.37. The number of benzene rings is 2. The van der Waals surface area contributed by atoms with Crippen molar-refractivity contribution < 1.29 is 4.79 Å². The molecular weight excluding hydrogens is 362 g/mol. The highest BCUT2D eigenvalue weighted by atomic mass is 32.2. The Labute approximate surface area is 159 Å². The minimum absolute atomic E-state index is 0.236. The van der Waals surface area contributed by atoms with E-state index in [9.17, 15) is 4.79 Å². The van der Waals surface area contributed by atoms with Crippen LogP contribution in [0.5, 0.6) is 0 Å². The van der Waals surface area contributed by atoms with Crippen molar-refractivity contribution in [3.63, 3.8) is 0 Å². The molecule has 2 aromatic heterocycles. The van der Waals surface area contributed by atoms with Crippen LogP contribution in [0.2, 0.25) is 0 Å². The van der Waals surface area contributed by atoms with E-state index in [1.165, 1.54) is 22.5 Å². The SMILES string of the molecule is O=C(NCCSc1cn[nH]n1)c1cn(Cc2cccc3ccccc23)nn1. The molecule has 0 spiro atoms. The second kappa shape index (κ2) is 8.00. The van der Waals surface area contributed by atoms with Gasteiger partial charge in [0, 0.05) is 12.3 Å². The Bertz CT molecular complexity index is 1040. The Kier molecular flexibility index (Phi) is 5.10. The van der Waals surface area contributed by atoms with Crippen LogP contribution in [0.25, 0.3) is 10.8 Å². The topological polar surface area (TPSA) is 101 Å². The van der Waals surface area contributed by atoms with Gasteiger partial charge >= 0.3 is 0 Å². The number of aromatic nitrogens is 6. The fraction of sp³-hybridized carbons (Fsp3) is 0.167. The maximum absolute atomic E-state index is 12.2. The fourth-order valence-corrected chi connectivity index (χ4v) is 3.40.